The second-order valence-electron chi connectivity index (χ2n) is 5.27. The van der Waals surface area contributed by atoms with Crippen molar-refractivity contribution < 1.29 is 8.42 Å². The van der Waals surface area contributed by atoms with Crippen molar-refractivity contribution in [2.24, 2.45) is 0 Å². The number of aryl methyl sites for hydroxylation is 1. The van der Waals surface area contributed by atoms with Crippen LogP contribution in [0.15, 0.2) is 34.1 Å². The average molecular weight is 302 g/mol. The highest BCUT2D eigenvalue weighted by Gasteiger charge is 2.36. The van der Waals surface area contributed by atoms with E-state index in [0.717, 1.165) is 23.1 Å². The molecule has 2 aromatic rings. The van der Waals surface area contributed by atoms with Gasteiger partial charge in [0, 0.05) is 22.5 Å². The molecule has 4 nitrogen and oxygen atoms in total. The maximum Gasteiger partial charge on any atom is 0.208 e. The average Bonchev–Trinajstić information content (AvgIpc) is 2.67. The van der Waals surface area contributed by atoms with E-state index >= 15 is 0 Å². The third kappa shape index (κ3) is 1.77. The van der Waals surface area contributed by atoms with Gasteiger partial charge in [-0.15, -0.1) is 0 Å². The second-order valence-corrected chi connectivity index (χ2v) is 7.12. The van der Waals surface area contributed by atoms with E-state index in [0.29, 0.717) is 33.2 Å². The Labute approximate surface area is 124 Å². The third-order valence-electron chi connectivity index (χ3n) is 4.12. The third-order valence-corrected chi connectivity index (χ3v) is 6.04. The summed E-state index contributed by atoms with van der Waals surface area (Å²) >= 11 is 0. The minimum atomic E-state index is -3.54. The van der Waals surface area contributed by atoms with E-state index in [1.54, 1.807) is 18.2 Å². The number of hydrogen-bond acceptors (Lipinski definition) is 4. The van der Waals surface area contributed by atoms with Gasteiger partial charge in [-0.3, -0.25) is 0 Å². The van der Waals surface area contributed by atoms with E-state index in [4.69, 9.17) is 11.5 Å². The van der Waals surface area contributed by atoms with Crippen LogP contribution in [0.5, 0.6) is 0 Å². The first-order valence-electron chi connectivity index (χ1n) is 7.01. The summed E-state index contributed by atoms with van der Waals surface area (Å²) in [6, 6.07) is 7.05. The summed E-state index contributed by atoms with van der Waals surface area (Å²) in [4.78, 5) is 0.653. The largest absolute Gasteiger partial charge is 0.398 e. The molecule has 5 heteroatoms. The Morgan fingerprint density at radius 3 is 2.29 bits per heavy atom. The number of anilines is 2. The fourth-order valence-electron chi connectivity index (χ4n) is 3.02. The van der Waals surface area contributed by atoms with Gasteiger partial charge < -0.3 is 11.5 Å². The van der Waals surface area contributed by atoms with Crippen LogP contribution >= 0.6 is 0 Å². The summed E-state index contributed by atoms with van der Waals surface area (Å²) in [5.41, 5.74) is 16.1. The summed E-state index contributed by atoms with van der Waals surface area (Å²) in [6.45, 7) is 3.92. The van der Waals surface area contributed by atoms with Crippen molar-refractivity contribution in [3.05, 3.63) is 35.4 Å². The Bertz CT molecular complexity index is 855. The van der Waals surface area contributed by atoms with Crippen LogP contribution < -0.4 is 11.5 Å². The maximum atomic E-state index is 12.8. The molecule has 1 aliphatic heterocycles. The van der Waals surface area contributed by atoms with Crippen molar-refractivity contribution in [3.8, 4) is 11.1 Å². The second kappa shape index (κ2) is 4.49. The zero-order valence-corrected chi connectivity index (χ0v) is 12.9. The monoisotopic (exact) mass is 302 g/mol. The first-order chi connectivity index (χ1) is 9.91. The van der Waals surface area contributed by atoms with Gasteiger partial charge in [0.05, 0.1) is 9.79 Å². The Morgan fingerprint density at radius 1 is 0.952 bits per heavy atom. The van der Waals surface area contributed by atoms with Gasteiger partial charge in [-0.05, 0) is 42.2 Å². The van der Waals surface area contributed by atoms with Crippen molar-refractivity contribution in [3.63, 3.8) is 0 Å². The molecule has 0 atom stereocenters. The van der Waals surface area contributed by atoms with Gasteiger partial charge in [-0.1, -0.05) is 19.9 Å². The smallest absolute Gasteiger partial charge is 0.208 e. The molecule has 21 heavy (non-hydrogen) atoms. The Hall–Kier alpha value is -2.01. The van der Waals surface area contributed by atoms with Gasteiger partial charge in [-0.2, -0.15) is 0 Å². The fourth-order valence-corrected chi connectivity index (χ4v) is 5.03. The predicted molar refractivity (Wildman–Crippen MR) is 84.9 cm³/mol. The molecule has 0 amide bonds. The minimum absolute atomic E-state index is 0.299. The summed E-state index contributed by atoms with van der Waals surface area (Å²) in [5, 5.41) is 0. The Balaban J connectivity index is 2.45. The van der Waals surface area contributed by atoms with E-state index < -0.39 is 9.84 Å². The standard InChI is InChI=1S/C16H18N2O2S/c1-3-9-7-12-11-5-6-13(17)10(4-2)16(11)21(19,20)15(12)8-14(9)18/h5-8H,3-4,17-18H2,1-2H3. The van der Waals surface area contributed by atoms with Gasteiger partial charge in [-0.25, -0.2) is 8.42 Å². The number of hydrogen-bond donors (Lipinski definition) is 2. The molecule has 0 saturated carbocycles. The van der Waals surface area contributed by atoms with Gasteiger partial charge in [0.25, 0.3) is 0 Å². The summed E-state index contributed by atoms with van der Waals surface area (Å²) < 4.78 is 25.7. The molecule has 3 rings (SSSR count). The van der Waals surface area contributed by atoms with Crippen LogP contribution in [0.1, 0.15) is 25.0 Å². The van der Waals surface area contributed by atoms with E-state index in [1.165, 1.54) is 0 Å². The SMILES string of the molecule is CCc1cc2c(cc1N)S(=O)(=O)c1c-2ccc(N)c1CC. The highest BCUT2D eigenvalue weighted by atomic mass is 32.2. The molecule has 1 heterocycles. The topological polar surface area (TPSA) is 86.2 Å². The molecule has 0 unspecified atom stereocenters. The molecule has 110 valence electrons. The molecular formula is C16H18N2O2S. The molecule has 0 aromatic heterocycles. The molecule has 0 aliphatic carbocycles. The molecular weight excluding hydrogens is 284 g/mol. The van der Waals surface area contributed by atoms with Crippen LogP contribution in [-0.4, -0.2) is 8.42 Å². The van der Waals surface area contributed by atoms with Crippen LogP contribution in [0.3, 0.4) is 0 Å². The van der Waals surface area contributed by atoms with Crippen molar-refractivity contribution in [1.82, 2.24) is 0 Å². The Kier molecular flexibility index (Phi) is 2.99. The minimum Gasteiger partial charge on any atom is -0.398 e. The zero-order valence-electron chi connectivity index (χ0n) is 12.1. The van der Waals surface area contributed by atoms with Gasteiger partial charge in [0.2, 0.25) is 9.84 Å². The maximum absolute atomic E-state index is 12.8. The highest BCUT2D eigenvalue weighted by molar-refractivity contribution is 7.92. The zero-order chi connectivity index (χ0) is 15.4. The van der Waals surface area contributed by atoms with E-state index in [-0.39, 0.29) is 0 Å². The molecule has 0 radical (unpaired) electrons. The van der Waals surface area contributed by atoms with Crippen molar-refractivity contribution in [1.29, 1.82) is 0 Å². The number of nitrogens with two attached hydrogens (primary N) is 2. The molecule has 0 bridgehead atoms. The van der Waals surface area contributed by atoms with E-state index in [1.807, 2.05) is 19.9 Å². The molecule has 0 saturated heterocycles. The lowest BCUT2D eigenvalue weighted by atomic mass is 9.98. The van der Waals surface area contributed by atoms with E-state index in [2.05, 4.69) is 0 Å². The van der Waals surface area contributed by atoms with Crippen LogP contribution in [0, 0.1) is 0 Å². The fraction of sp³-hybridized carbons (Fsp3) is 0.250. The molecule has 0 spiro atoms. The van der Waals surface area contributed by atoms with Gasteiger partial charge in [0.15, 0.2) is 0 Å². The number of nitrogen functional groups attached to an aromatic ring is 2. The van der Waals surface area contributed by atoms with Gasteiger partial charge >= 0.3 is 0 Å². The lowest BCUT2D eigenvalue weighted by Crippen LogP contribution is -2.04. The van der Waals surface area contributed by atoms with Crippen LogP contribution in [-0.2, 0) is 22.7 Å². The Morgan fingerprint density at radius 2 is 1.67 bits per heavy atom. The predicted octanol–water partition coefficient (Wildman–Crippen LogP) is 2.79. The highest BCUT2D eigenvalue weighted by Crippen LogP contribution is 2.47. The van der Waals surface area contributed by atoms with Crippen molar-refractivity contribution in [2.75, 3.05) is 11.5 Å². The van der Waals surface area contributed by atoms with Crippen molar-refractivity contribution in [2.45, 2.75) is 36.5 Å². The molecule has 4 N–H and O–H groups in total. The summed E-state index contributed by atoms with van der Waals surface area (Å²) in [7, 11) is -3.54. The number of fused-ring (bicyclic) bond motifs is 3. The van der Waals surface area contributed by atoms with Crippen molar-refractivity contribution >= 4 is 21.2 Å². The number of rotatable bonds is 2. The van der Waals surface area contributed by atoms with E-state index in [9.17, 15) is 8.42 Å². The number of sulfone groups is 1. The lowest BCUT2D eigenvalue weighted by Gasteiger charge is -2.09. The molecule has 0 fully saturated rings. The molecule has 2 aromatic carbocycles. The first-order valence-corrected chi connectivity index (χ1v) is 8.49. The summed E-state index contributed by atoms with van der Waals surface area (Å²) in [5.74, 6) is 0. The normalized spacial score (nSPS) is 14.8. The summed E-state index contributed by atoms with van der Waals surface area (Å²) in [6.07, 6.45) is 1.35. The first kappa shape index (κ1) is 13.9. The van der Waals surface area contributed by atoms with Gasteiger partial charge in [0.1, 0.15) is 0 Å². The van der Waals surface area contributed by atoms with Crippen LogP contribution in [0.25, 0.3) is 11.1 Å². The van der Waals surface area contributed by atoms with Crippen LogP contribution in [0.2, 0.25) is 0 Å². The van der Waals surface area contributed by atoms with Crippen LogP contribution in [0.4, 0.5) is 11.4 Å². The quantitative estimate of drug-likeness (QED) is 0.713. The molecule has 1 aliphatic rings. The number of benzene rings is 2. The lowest BCUT2D eigenvalue weighted by molar-refractivity contribution is 0.598.